The van der Waals surface area contributed by atoms with Gasteiger partial charge in [-0.3, -0.25) is 4.79 Å². The number of hydrogen-bond donors (Lipinski definition) is 2. The summed E-state index contributed by atoms with van der Waals surface area (Å²) in [5.41, 5.74) is 1.02. The zero-order valence-electron chi connectivity index (χ0n) is 12.1. The van der Waals surface area contributed by atoms with Gasteiger partial charge >= 0.3 is 0 Å². The lowest BCUT2D eigenvalue weighted by atomic mass is 10.1. The predicted molar refractivity (Wildman–Crippen MR) is 80.2 cm³/mol. The Bertz CT molecular complexity index is 451. The first-order valence-corrected chi connectivity index (χ1v) is 7.13. The van der Waals surface area contributed by atoms with Crippen molar-refractivity contribution < 1.29 is 14.6 Å². The molecule has 0 aromatic heterocycles. The van der Waals surface area contributed by atoms with Gasteiger partial charge in [0.25, 0.3) is 5.91 Å². The van der Waals surface area contributed by atoms with Crippen LogP contribution < -0.4 is 10.1 Å². The molecule has 112 valence electrons. The van der Waals surface area contributed by atoms with Crippen molar-refractivity contribution in [3.8, 4) is 5.75 Å². The molecule has 0 aliphatic rings. The lowest BCUT2D eigenvalue weighted by Gasteiger charge is -2.17. The van der Waals surface area contributed by atoms with Crippen LogP contribution in [0.3, 0.4) is 0 Å². The molecule has 0 saturated heterocycles. The number of nitrogens with one attached hydrogen (secondary N) is 1. The number of benzene rings is 1. The van der Waals surface area contributed by atoms with Gasteiger partial charge in [0.2, 0.25) is 0 Å². The van der Waals surface area contributed by atoms with E-state index in [2.05, 4.69) is 5.32 Å². The van der Waals surface area contributed by atoms with Crippen molar-refractivity contribution in [3.63, 3.8) is 0 Å². The molecule has 2 atom stereocenters. The molecule has 0 spiro atoms. The van der Waals surface area contributed by atoms with Crippen molar-refractivity contribution in [2.24, 2.45) is 5.92 Å². The van der Waals surface area contributed by atoms with E-state index in [0.717, 1.165) is 5.56 Å². The number of carbonyl (C=O) groups excluding carboxylic acids is 1. The zero-order chi connectivity index (χ0) is 15.1. The van der Waals surface area contributed by atoms with Gasteiger partial charge in [-0.2, -0.15) is 0 Å². The number of aryl methyl sites for hydroxylation is 1. The Kier molecular flexibility index (Phi) is 6.82. The van der Waals surface area contributed by atoms with Crippen LogP contribution in [0, 0.1) is 12.8 Å². The van der Waals surface area contributed by atoms with Crippen LogP contribution in [0.1, 0.15) is 25.8 Å². The van der Waals surface area contributed by atoms with E-state index in [4.69, 9.17) is 21.4 Å². The van der Waals surface area contributed by atoms with E-state index in [1.807, 2.05) is 19.9 Å². The van der Waals surface area contributed by atoms with Gasteiger partial charge < -0.3 is 15.2 Å². The van der Waals surface area contributed by atoms with Crippen LogP contribution >= 0.6 is 11.6 Å². The summed E-state index contributed by atoms with van der Waals surface area (Å²) < 4.78 is 5.59. The molecule has 4 nitrogen and oxygen atoms in total. The molecule has 2 N–H and O–H groups in total. The second-order valence-electron chi connectivity index (χ2n) is 5.06. The Balaban J connectivity index is 2.51. The molecule has 0 fully saturated rings. The number of rotatable bonds is 7. The van der Waals surface area contributed by atoms with Crippen LogP contribution in [-0.4, -0.2) is 30.3 Å². The summed E-state index contributed by atoms with van der Waals surface area (Å²) >= 11 is 6.03. The van der Waals surface area contributed by atoms with Gasteiger partial charge in [-0.25, -0.2) is 0 Å². The molecule has 0 aliphatic carbocycles. The Labute approximate surface area is 125 Å². The third-order valence-electron chi connectivity index (χ3n) is 3.01. The first-order valence-electron chi connectivity index (χ1n) is 6.75. The molecule has 2 unspecified atom stereocenters. The quantitative estimate of drug-likeness (QED) is 0.813. The summed E-state index contributed by atoms with van der Waals surface area (Å²) in [5, 5.41) is 12.1. The van der Waals surface area contributed by atoms with Crippen molar-refractivity contribution >= 4 is 17.5 Å². The number of halogens is 1. The summed E-state index contributed by atoms with van der Waals surface area (Å²) in [7, 11) is 0. The fourth-order valence-corrected chi connectivity index (χ4v) is 1.85. The van der Waals surface area contributed by atoms with Crippen molar-refractivity contribution in [3.05, 3.63) is 28.8 Å². The molecular weight excluding hydrogens is 278 g/mol. The maximum absolute atomic E-state index is 11.9. The number of aliphatic hydroxyl groups excluding tert-OH is 1. The number of hydrogen-bond acceptors (Lipinski definition) is 3. The number of aliphatic hydroxyl groups is 1. The van der Waals surface area contributed by atoms with Gasteiger partial charge in [0, 0.05) is 13.2 Å². The first-order chi connectivity index (χ1) is 9.43. The van der Waals surface area contributed by atoms with Crippen LogP contribution in [0.15, 0.2) is 18.2 Å². The van der Waals surface area contributed by atoms with Gasteiger partial charge in [0.05, 0.1) is 5.02 Å². The molecule has 0 aliphatic heterocycles. The summed E-state index contributed by atoms with van der Waals surface area (Å²) in [6, 6.07) is 5.44. The number of amides is 1. The van der Waals surface area contributed by atoms with Gasteiger partial charge in [0.15, 0.2) is 6.10 Å². The molecule has 5 heteroatoms. The fourth-order valence-electron chi connectivity index (χ4n) is 1.69. The van der Waals surface area contributed by atoms with Gasteiger partial charge in [-0.15, -0.1) is 0 Å². The van der Waals surface area contributed by atoms with Crippen molar-refractivity contribution in [1.82, 2.24) is 5.32 Å². The third kappa shape index (κ3) is 5.39. The maximum atomic E-state index is 11.9. The summed E-state index contributed by atoms with van der Waals surface area (Å²) in [5.74, 6) is 0.559. The highest BCUT2D eigenvalue weighted by molar-refractivity contribution is 6.32. The summed E-state index contributed by atoms with van der Waals surface area (Å²) in [6.07, 6.45) is 0.0507. The molecule has 0 saturated carbocycles. The van der Waals surface area contributed by atoms with E-state index in [9.17, 15) is 4.79 Å². The van der Waals surface area contributed by atoms with Gasteiger partial charge in [0.1, 0.15) is 5.75 Å². The second kappa shape index (κ2) is 8.12. The lowest BCUT2D eigenvalue weighted by molar-refractivity contribution is -0.127. The van der Waals surface area contributed by atoms with Gasteiger partial charge in [-0.05, 0) is 43.9 Å². The zero-order valence-corrected chi connectivity index (χ0v) is 12.9. The van der Waals surface area contributed by atoms with Crippen molar-refractivity contribution in [2.45, 2.75) is 33.3 Å². The average molecular weight is 300 g/mol. The predicted octanol–water partition coefficient (Wildman–Crippen LogP) is 2.55. The van der Waals surface area contributed by atoms with E-state index in [0.29, 0.717) is 23.7 Å². The number of ether oxygens (including phenoxy) is 1. The van der Waals surface area contributed by atoms with Crippen molar-refractivity contribution in [2.75, 3.05) is 13.2 Å². The molecular formula is C15H22ClNO3. The van der Waals surface area contributed by atoms with Gasteiger partial charge in [-0.1, -0.05) is 24.6 Å². The van der Waals surface area contributed by atoms with E-state index >= 15 is 0 Å². The highest BCUT2D eigenvalue weighted by atomic mass is 35.5. The minimum Gasteiger partial charge on any atom is -0.479 e. The van der Waals surface area contributed by atoms with Crippen LogP contribution in [-0.2, 0) is 4.79 Å². The summed E-state index contributed by atoms with van der Waals surface area (Å²) in [6.45, 7) is 6.24. The molecule has 1 aromatic carbocycles. The summed E-state index contributed by atoms with van der Waals surface area (Å²) in [4.78, 5) is 11.9. The van der Waals surface area contributed by atoms with E-state index < -0.39 is 6.10 Å². The largest absolute Gasteiger partial charge is 0.479 e. The second-order valence-corrected chi connectivity index (χ2v) is 5.46. The standard InChI is InChI=1S/C15H22ClNO3/c1-10-4-5-13(16)14(8-10)20-12(3)15(19)17-9-11(2)6-7-18/h4-5,8,11-12,18H,6-7,9H2,1-3H3,(H,17,19). The Morgan fingerprint density at radius 1 is 1.45 bits per heavy atom. The smallest absolute Gasteiger partial charge is 0.260 e. The normalized spacial score (nSPS) is 13.7. The highest BCUT2D eigenvalue weighted by Gasteiger charge is 2.16. The van der Waals surface area contributed by atoms with Crippen LogP contribution in [0.2, 0.25) is 5.02 Å². The van der Waals surface area contributed by atoms with E-state index in [1.54, 1.807) is 19.1 Å². The lowest BCUT2D eigenvalue weighted by Crippen LogP contribution is -2.38. The molecule has 0 radical (unpaired) electrons. The molecule has 0 bridgehead atoms. The average Bonchev–Trinajstić information content (AvgIpc) is 2.40. The third-order valence-corrected chi connectivity index (χ3v) is 3.32. The Hall–Kier alpha value is -1.26. The minimum absolute atomic E-state index is 0.127. The van der Waals surface area contributed by atoms with Crippen LogP contribution in [0.4, 0.5) is 0 Å². The maximum Gasteiger partial charge on any atom is 0.260 e. The van der Waals surface area contributed by atoms with E-state index in [1.165, 1.54) is 0 Å². The van der Waals surface area contributed by atoms with Crippen molar-refractivity contribution in [1.29, 1.82) is 0 Å². The molecule has 20 heavy (non-hydrogen) atoms. The minimum atomic E-state index is -0.615. The molecule has 1 aromatic rings. The van der Waals surface area contributed by atoms with E-state index in [-0.39, 0.29) is 18.4 Å². The topological polar surface area (TPSA) is 58.6 Å². The highest BCUT2D eigenvalue weighted by Crippen LogP contribution is 2.26. The first kappa shape index (κ1) is 16.8. The molecule has 1 amide bonds. The Morgan fingerprint density at radius 2 is 2.15 bits per heavy atom. The molecule has 0 heterocycles. The van der Waals surface area contributed by atoms with Crippen LogP contribution in [0.25, 0.3) is 0 Å². The Morgan fingerprint density at radius 3 is 2.80 bits per heavy atom. The number of carbonyl (C=O) groups is 1. The molecule has 1 rings (SSSR count). The fraction of sp³-hybridized carbons (Fsp3) is 0.533. The monoisotopic (exact) mass is 299 g/mol. The SMILES string of the molecule is Cc1ccc(Cl)c(OC(C)C(=O)NCC(C)CCO)c1. The van der Waals surface area contributed by atoms with Crippen LogP contribution in [0.5, 0.6) is 5.75 Å².